The smallest absolute Gasteiger partial charge is 0.255 e. The fourth-order valence-corrected chi connectivity index (χ4v) is 1.82. The van der Waals surface area contributed by atoms with Gasteiger partial charge in [0, 0.05) is 33.3 Å². The molecule has 0 aliphatic carbocycles. The minimum atomic E-state index is -0.979. The number of phenolic OH excluding ortho intramolecular Hbond substituents is 1. The SMILES string of the molecule is CC(CNC(=O)c1cc(Br)ccc1O)S(C)=O. The Morgan fingerprint density at radius 1 is 1.59 bits per heavy atom. The highest BCUT2D eigenvalue weighted by atomic mass is 79.9. The molecule has 1 amide bonds. The lowest BCUT2D eigenvalue weighted by atomic mass is 10.2. The van der Waals surface area contributed by atoms with Crippen molar-refractivity contribution >= 4 is 32.6 Å². The maximum atomic E-state index is 11.8. The summed E-state index contributed by atoms with van der Waals surface area (Å²) in [4.78, 5) is 11.8. The number of phenols is 1. The molecule has 0 heterocycles. The molecule has 0 aliphatic rings. The molecule has 0 saturated carbocycles. The number of amides is 1. The molecule has 0 saturated heterocycles. The van der Waals surface area contributed by atoms with Crippen LogP contribution in [0.2, 0.25) is 0 Å². The van der Waals surface area contributed by atoms with Crippen LogP contribution in [0.3, 0.4) is 0 Å². The Kier molecular flexibility index (Phi) is 5.14. The van der Waals surface area contributed by atoms with Crippen LogP contribution in [0.1, 0.15) is 17.3 Å². The first-order chi connectivity index (χ1) is 7.91. The van der Waals surface area contributed by atoms with Crippen molar-refractivity contribution in [3.63, 3.8) is 0 Å². The Morgan fingerprint density at radius 2 is 2.24 bits per heavy atom. The number of hydrogen-bond acceptors (Lipinski definition) is 3. The lowest BCUT2D eigenvalue weighted by molar-refractivity contribution is 0.0951. The van der Waals surface area contributed by atoms with Gasteiger partial charge in [-0.25, -0.2) is 0 Å². The molecule has 2 N–H and O–H groups in total. The number of aromatic hydroxyl groups is 1. The van der Waals surface area contributed by atoms with E-state index in [1.807, 2.05) is 0 Å². The third-order valence-electron chi connectivity index (χ3n) is 2.32. The molecule has 0 fully saturated rings. The molecule has 0 radical (unpaired) electrons. The van der Waals surface area contributed by atoms with Crippen molar-refractivity contribution in [1.29, 1.82) is 0 Å². The van der Waals surface area contributed by atoms with E-state index in [1.54, 1.807) is 19.2 Å². The summed E-state index contributed by atoms with van der Waals surface area (Å²) in [7, 11) is -0.979. The third-order valence-corrected chi connectivity index (χ3v) is 4.11. The zero-order valence-corrected chi connectivity index (χ0v) is 12.0. The Hall–Kier alpha value is -0.880. The first-order valence-corrected chi connectivity index (χ1v) is 7.42. The number of nitrogens with one attached hydrogen (secondary N) is 1. The topological polar surface area (TPSA) is 66.4 Å². The molecule has 0 spiro atoms. The molecule has 1 aromatic rings. The summed E-state index contributed by atoms with van der Waals surface area (Å²) in [5.41, 5.74) is 0.202. The number of rotatable bonds is 4. The molecular weight excluding hydrogens is 306 g/mol. The molecule has 1 aromatic carbocycles. The van der Waals surface area contributed by atoms with Crippen molar-refractivity contribution in [1.82, 2.24) is 5.32 Å². The summed E-state index contributed by atoms with van der Waals surface area (Å²) < 4.78 is 11.8. The first kappa shape index (κ1) is 14.2. The van der Waals surface area contributed by atoms with Gasteiger partial charge in [-0.2, -0.15) is 0 Å². The van der Waals surface area contributed by atoms with Gasteiger partial charge in [-0.3, -0.25) is 9.00 Å². The van der Waals surface area contributed by atoms with Crippen molar-refractivity contribution in [3.05, 3.63) is 28.2 Å². The average Bonchev–Trinajstić information content (AvgIpc) is 2.28. The van der Waals surface area contributed by atoms with E-state index >= 15 is 0 Å². The van der Waals surface area contributed by atoms with Gasteiger partial charge in [-0.1, -0.05) is 15.9 Å². The lowest BCUT2D eigenvalue weighted by Gasteiger charge is -2.10. The Bertz CT molecular complexity index is 450. The summed E-state index contributed by atoms with van der Waals surface area (Å²) in [5.74, 6) is -0.447. The first-order valence-electron chi connectivity index (χ1n) is 5.00. The zero-order valence-electron chi connectivity index (χ0n) is 9.57. The second-order valence-electron chi connectivity index (χ2n) is 3.68. The van der Waals surface area contributed by atoms with E-state index in [1.165, 1.54) is 12.1 Å². The summed E-state index contributed by atoms with van der Waals surface area (Å²) in [6.45, 7) is 2.10. The van der Waals surface area contributed by atoms with Crippen LogP contribution in [0, 0.1) is 0 Å². The van der Waals surface area contributed by atoms with Gasteiger partial charge < -0.3 is 10.4 Å². The molecule has 6 heteroatoms. The van der Waals surface area contributed by atoms with Crippen LogP contribution in [0.4, 0.5) is 0 Å². The standard InChI is InChI=1S/C11H14BrNO3S/c1-7(17(2)16)6-13-11(15)9-5-8(12)3-4-10(9)14/h3-5,7,14H,6H2,1-2H3,(H,13,15). The van der Waals surface area contributed by atoms with Gasteiger partial charge in [0.05, 0.1) is 5.56 Å². The van der Waals surface area contributed by atoms with Crippen molar-refractivity contribution < 1.29 is 14.1 Å². The van der Waals surface area contributed by atoms with Gasteiger partial charge in [0.25, 0.3) is 5.91 Å². The van der Waals surface area contributed by atoms with Crippen LogP contribution in [0.5, 0.6) is 5.75 Å². The Morgan fingerprint density at radius 3 is 2.82 bits per heavy atom. The second kappa shape index (κ2) is 6.16. The van der Waals surface area contributed by atoms with Crippen molar-refractivity contribution in [2.45, 2.75) is 12.2 Å². The van der Waals surface area contributed by atoms with Crippen LogP contribution < -0.4 is 5.32 Å². The van der Waals surface area contributed by atoms with E-state index in [9.17, 15) is 14.1 Å². The van der Waals surface area contributed by atoms with Gasteiger partial charge in [-0.15, -0.1) is 0 Å². The number of carbonyl (C=O) groups is 1. The van der Waals surface area contributed by atoms with Gasteiger partial charge in [-0.05, 0) is 25.1 Å². The summed E-state index contributed by atoms with van der Waals surface area (Å²) in [6, 6.07) is 4.63. The number of halogens is 1. The highest BCUT2D eigenvalue weighted by Crippen LogP contribution is 2.21. The molecule has 2 atom stereocenters. The Balaban J connectivity index is 2.70. The van der Waals surface area contributed by atoms with Crippen LogP contribution in [0.25, 0.3) is 0 Å². The van der Waals surface area contributed by atoms with E-state index in [-0.39, 0.29) is 22.5 Å². The average molecular weight is 320 g/mol. The zero-order chi connectivity index (χ0) is 13.0. The quantitative estimate of drug-likeness (QED) is 0.886. The molecule has 1 rings (SSSR count). The maximum absolute atomic E-state index is 11.8. The van der Waals surface area contributed by atoms with Crippen molar-refractivity contribution in [2.75, 3.05) is 12.8 Å². The molecule has 2 unspecified atom stereocenters. The highest BCUT2D eigenvalue weighted by Gasteiger charge is 2.13. The maximum Gasteiger partial charge on any atom is 0.255 e. The third kappa shape index (κ3) is 4.12. The normalized spacial score (nSPS) is 14.1. The monoisotopic (exact) mass is 319 g/mol. The molecule has 4 nitrogen and oxygen atoms in total. The van der Waals surface area contributed by atoms with Gasteiger partial charge in [0.1, 0.15) is 5.75 Å². The number of carbonyl (C=O) groups excluding carboxylic acids is 1. The Labute approximate surface area is 111 Å². The van der Waals surface area contributed by atoms with Crippen molar-refractivity contribution in [2.24, 2.45) is 0 Å². The molecule has 94 valence electrons. The van der Waals surface area contributed by atoms with Gasteiger partial charge in [0.2, 0.25) is 0 Å². The minimum Gasteiger partial charge on any atom is -0.507 e. The minimum absolute atomic E-state index is 0.0732. The predicted octanol–water partition coefficient (Wildman–Crippen LogP) is 1.65. The van der Waals surface area contributed by atoms with E-state index < -0.39 is 10.8 Å². The van der Waals surface area contributed by atoms with Crippen LogP contribution in [-0.2, 0) is 10.8 Å². The van der Waals surface area contributed by atoms with Crippen LogP contribution in [-0.4, -0.2) is 33.3 Å². The fraction of sp³-hybridized carbons (Fsp3) is 0.364. The number of benzene rings is 1. The van der Waals surface area contributed by atoms with E-state index in [4.69, 9.17) is 0 Å². The molecular formula is C11H14BrNO3S. The van der Waals surface area contributed by atoms with Gasteiger partial charge in [0.15, 0.2) is 0 Å². The van der Waals surface area contributed by atoms with E-state index in [0.29, 0.717) is 11.0 Å². The molecule has 0 aromatic heterocycles. The summed E-state index contributed by atoms with van der Waals surface area (Å²) in [6.07, 6.45) is 1.59. The largest absolute Gasteiger partial charge is 0.507 e. The van der Waals surface area contributed by atoms with Crippen LogP contribution >= 0.6 is 15.9 Å². The summed E-state index contributed by atoms with van der Waals surface area (Å²) in [5, 5.41) is 12.1. The second-order valence-corrected chi connectivity index (χ2v) is 6.40. The van der Waals surface area contributed by atoms with E-state index in [2.05, 4.69) is 21.2 Å². The molecule has 17 heavy (non-hydrogen) atoms. The fourth-order valence-electron chi connectivity index (χ4n) is 1.14. The highest BCUT2D eigenvalue weighted by molar-refractivity contribution is 9.10. The molecule has 0 aliphatic heterocycles. The van der Waals surface area contributed by atoms with Crippen molar-refractivity contribution in [3.8, 4) is 5.75 Å². The van der Waals surface area contributed by atoms with E-state index in [0.717, 1.165) is 0 Å². The number of hydrogen-bond donors (Lipinski definition) is 2. The van der Waals surface area contributed by atoms with Crippen LogP contribution in [0.15, 0.2) is 22.7 Å². The van der Waals surface area contributed by atoms with Gasteiger partial charge >= 0.3 is 0 Å². The summed E-state index contributed by atoms with van der Waals surface area (Å²) >= 11 is 3.23. The predicted molar refractivity (Wildman–Crippen MR) is 71.7 cm³/mol. The lowest BCUT2D eigenvalue weighted by Crippen LogP contribution is -2.32. The molecule has 0 bridgehead atoms.